The number of ether oxygens (including phenoxy) is 2. The Kier molecular flexibility index (Phi) is 16.3. The van der Waals surface area contributed by atoms with Gasteiger partial charge >= 0.3 is 11.9 Å². The Bertz CT molecular complexity index is 2610. The number of carbonyl (C=O) groups is 2. The first-order valence-corrected chi connectivity index (χ1v) is 24.4. The van der Waals surface area contributed by atoms with E-state index >= 15 is 0 Å². The molecular formula is C55H76N4O6. The molecule has 0 radical (unpaired) electrons. The van der Waals surface area contributed by atoms with Crippen molar-refractivity contribution in [1.29, 1.82) is 0 Å². The number of aryl methyl sites for hydroxylation is 2. The highest BCUT2D eigenvalue weighted by molar-refractivity contribution is 5.96. The van der Waals surface area contributed by atoms with Gasteiger partial charge in [0.05, 0.1) is 41.0 Å². The van der Waals surface area contributed by atoms with E-state index in [1.165, 1.54) is 57.6 Å². The number of H-pyrrole nitrogens is 2. The van der Waals surface area contributed by atoms with Crippen LogP contribution in [0.1, 0.15) is 196 Å². The lowest BCUT2D eigenvalue weighted by Crippen LogP contribution is -2.18. The van der Waals surface area contributed by atoms with E-state index < -0.39 is 11.9 Å². The molecule has 6 atom stereocenters. The molecule has 0 amide bonds. The SMILES string of the molecule is C/C=C1/c2cc3[nH]c4c(c5nc(cc6[nH]c(cc(n2)C1C)/c(=C(/C)O)c6C)C(C)C5CCC(=O)OC/C=C(\C)CCCC(C)CCCC(C)CCCC(C)C)C(C(=O)OC)C(O)=c4c3C. The molecule has 0 spiro atoms. The van der Waals surface area contributed by atoms with Gasteiger partial charge in [0.15, 0.2) is 0 Å². The third kappa shape index (κ3) is 11.0. The molecule has 6 unspecified atom stereocenters. The largest absolute Gasteiger partial charge is 0.512 e. The van der Waals surface area contributed by atoms with Gasteiger partial charge in [0.2, 0.25) is 0 Å². The fourth-order valence-corrected chi connectivity index (χ4v) is 10.5. The van der Waals surface area contributed by atoms with Crippen LogP contribution in [0.4, 0.5) is 0 Å². The number of aromatic amines is 2. The smallest absolute Gasteiger partial charge is 0.321 e. The number of hydrogen-bond donors (Lipinski definition) is 4. The Morgan fingerprint density at radius 2 is 1.49 bits per heavy atom. The standard InChI is InChI=1S/C55H76N4O6/c1-13-39-34(7)41-29-46-48(38(11)60)36(9)43(57-46)27-42-35(8)40(52(58-42)50-51(55(63)64-12)54(62)49-37(10)44(59-53(49)50)28-45(39)56-41)23-24-47(61)65-26-25-33(6)22-16-21-32(5)20-15-19-31(4)18-14-17-30(2)3/h13,25,27-32,34-35,40,51,57,59-60,62H,14-24,26H2,1-12H3/b33-25+,39-13+,42-27?,45-28?,46-29?,48-38-. The number of esters is 2. The van der Waals surface area contributed by atoms with Crippen LogP contribution >= 0.6 is 0 Å². The van der Waals surface area contributed by atoms with Crippen LogP contribution in [0.2, 0.25) is 0 Å². The molecule has 3 aliphatic rings. The summed E-state index contributed by atoms with van der Waals surface area (Å²) in [6.45, 7) is 23.5. The summed E-state index contributed by atoms with van der Waals surface area (Å²) in [5, 5.41) is 24.2. The fourth-order valence-electron chi connectivity index (χ4n) is 10.5. The molecule has 3 aromatic rings. The Hall–Kier alpha value is -5.12. The van der Waals surface area contributed by atoms with Gasteiger partial charge < -0.3 is 29.7 Å². The van der Waals surface area contributed by atoms with Crippen LogP contribution in [-0.4, -0.2) is 55.8 Å². The van der Waals surface area contributed by atoms with Crippen LogP contribution in [0.25, 0.3) is 39.2 Å². The van der Waals surface area contributed by atoms with Crippen molar-refractivity contribution in [2.24, 2.45) is 17.8 Å². The van der Waals surface area contributed by atoms with Crippen LogP contribution in [-0.2, 0) is 19.1 Å². The molecule has 352 valence electrons. The van der Waals surface area contributed by atoms with E-state index in [0.29, 0.717) is 39.6 Å². The Morgan fingerprint density at radius 1 is 0.846 bits per heavy atom. The number of nitrogens with zero attached hydrogens (tertiary/aromatic N) is 2. The van der Waals surface area contributed by atoms with Gasteiger partial charge in [0, 0.05) is 56.9 Å². The second kappa shape index (κ2) is 21.5. The molecule has 0 saturated carbocycles. The number of rotatable bonds is 18. The van der Waals surface area contributed by atoms with Crippen molar-refractivity contribution >= 4 is 51.1 Å². The first kappa shape index (κ1) is 49.3. The lowest BCUT2D eigenvalue weighted by molar-refractivity contribution is -0.143. The average Bonchev–Trinajstić information content (AvgIpc) is 4.00. The van der Waals surface area contributed by atoms with Gasteiger partial charge in [-0.05, 0) is 113 Å². The zero-order valence-corrected chi connectivity index (χ0v) is 41.3. The van der Waals surface area contributed by atoms with E-state index in [-0.39, 0.29) is 48.3 Å². The third-order valence-corrected chi connectivity index (χ3v) is 14.5. The lowest BCUT2D eigenvalue weighted by atomic mass is 9.84. The summed E-state index contributed by atoms with van der Waals surface area (Å²) in [7, 11) is 1.32. The number of carbonyl (C=O) groups excluding carboxylic acids is 2. The Balaban J connectivity index is 1.26. The molecule has 0 saturated heterocycles. The molecule has 65 heavy (non-hydrogen) atoms. The molecule has 5 heterocycles. The van der Waals surface area contributed by atoms with Crippen molar-refractivity contribution in [3.05, 3.63) is 85.8 Å². The van der Waals surface area contributed by atoms with E-state index in [9.17, 15) is 19.8 Å². The minimum absolute atomic E-state index is 0.0158. The summed E-state index contributed by atoms with van der Waals surface area (Å²) in [5.74, 6) is -0.0608. The monoisotopic (exact) mass is 889 g/mol. The molecule has 0 fully saturated rings. The van der Waals surface area contributed by atoms with Gasteiger partial charge in [-0.25, -0.2) is 0 Å². The van der Waals surface area contributed by atoms with Crippen molar-refractivity contribution in [2.45, 2.75) is 170 Å². The van der Waals surface area contributed by atoms with Crippen LogP contribution in [0.15, 0.2) is 35.9 Å². The molecule has 10 heteroatoms. The number of nitrogens with one attached hydrogen (secondary N) is 2. The predicted molar refractivity (Wildman–Crippen MR) is 264 cm³/mol. The highest BCUT2D eigenvalue weighted by Gasteiger charge is 2.41. The first-order valence-electron chi connectivity index (χ1n) is 24.4. The molecule has 4 N–H and O–H groups in total. The number of aliphatic hydroxyl groups excluding tert-OH is 2. The highest BCUT2D eigenvalue weighted by Crippen LogP contribution is 2.46. The molecule has 1 aliphatic carbocycles. The number of aromatic nitrogens is 4. The molecular weight excluding hydrogens is 813 g/mol. The molecule has 6 rings (SSSR count). The Morgan fingerprint density at radius 3 is 2.14 bits per heavy atom. The van der Waals surface area contributed by atoms with Gasteiger partial charge in [0.25, 0.3) is 0 Å². The minimum Gasteiger partial charge on any atom is -0.512 e. The third-order valence-electron chi connectivity index (χ3n) is 14.5. The summed E-state index contributed by atoms with van der Waals surface area (Å²) < 4.78 is 11.1. The van der Waals surface area contributed by atoms with E-state index in [2.05, 4.69) is 64.5 Å². The van der Waals surface area contributed by atoms with Gasteiger partial charge in [-0.3, -0.25) is 19.6 Å². The second-order valence-electron chi connectivity index (χ2n) is 20.0. The average molecular weight is 889 g/mol. The second-order valence-corrected chi connectivity index (χ2v) is 20.0. The highest BCUT2D eigenvalue weighted by atomic mass is 16.5. The van der Waals surface area contributed by atoms with Crippen LogP contribution < -0.4 is 10.4 Å². The maximum absolute atomic E-state index is 13.7. The van der Waals surface area contributed by atoms with Gasteiger partial charge in [-0.1, -0.05) is 98.1 Å². The van der Waals surface area contributed by atoms with Crippen molar-refractivity contribution in [3.8, 4) is 0 Å². The van der Waals surface area contributed by atoms with Crippen molar-refractivity contribution in [3.63, 3.8) is 0 Å². The Labute approximate surface area is 386 Å². The normalized spacial score (nSPS) is 20.4. The predicted octanol–water partition coefficient (Wildman–Crippen LogP) is 12.4. The number of allylic oxidation sites excluding steroid dienone is 3. The van der Waals surface area contributed by atoms with Crippen molar-refractivity contribution in [1.82, 2.24) is 19.9 Å². The first-order chi connectivity index (χ1) is 30.9. The quantitative estimate of drug-likeness (QED) is 0.0728. The minimum atomic E-state index is -1.10. The van der Waals surface area contributed by atoms with E-state index in [0.717, 1.165) is 75.0 Å². The van der Waals surface area contributed by atoms with Crippen molar-refractivity contribution < 1.29 is 29.3 Å². The fraction of sp³-hybridized carbons (Fsp3) is 0.564. The van der Waals surface area contributed by atoms with Crippen LogP contribution in [0, 0.1) is 31.6 Å². The van der Waals surface area contributed by atoms with E-state index in [1.54, 1.807) is 6.92 Å². The lowest BCUT2D eigenvalue weighted by Gasteiger charge is -2.19. The van der Waals surface area contributed by atoms with E-state index in [4.69, 9.17) is 19.4 Å². The van der Waals surface area contributed by atoms with Crippen LogP contribution in [0.5, 0.6) is 0 Å². The molecule has 3 aromatic heterocycles. The van der Waals surface area contributed by atoms with Gasteiger partial charge in [0.1, 0.15) is 18.3 Å². The summed E-state index contributed by atoms with van der Waals surface area (Å²) >= 11 is 0. The van der Waals surface area contributed by atoms with Crippen LogP contribution in [0.3, 0.4) is 0 Å². The summed E-state index contributed by atoms with van der Waals surface area (Å²) in [4.78, 5) is 44.6. The summed E-state index contributed by atoms with van der Waals surface area (Å²) in [5.41, 5.74) is 10.4. The van der Waals surface area contributed by atoms with Crippen molar-refractivity contribution in [2.75, 3.05) is 13.7 Å². The zero-order chi connectivity index (χ0) is 47.3. The molecule has 8 bridgehead atoms. The maximum atomic E-state index is 13.7. The number of fused-ring (bicyclic) bond motifs is 8. The number of aliphatic hydroxyl groups is 2. The zero-order valence-electron chi connectivity index (χ0n) is 41.3. The van der Waals surface area contributed by atoms with Gasteiger partial charge in [-0.2, -0.15) is 0 Å². The number of hydrogen-bond acceptors (Lipinski definition) is 8. The molecule has 0 aromatic carbocycles. The molecule has 2 aliphatic heterocycles. The van der Waals surface area contributed by atoms with E-state index in [1.807, 2.05) is 45.0 Å². The maximum Gasteiger partial charge on any atom is 0.321 e. The molecule has 10 nitrogen and oxygen atoms in total. The topological polar surface area (TPSA) is 150 Å². The van der Waals surface area contributed by atoms with Gasteiger partial charge in [-0.15, -0.1) is 0 Å². The summed E-state index contributed by atoms with van der Waals surface area (Å²) in [6.07, 6.45) is 15.9. The summed E-state index contributed by atoms with van der Waals surface area (Å²) in [6, 6.07) is 6.00. The number of methoxy groups -OCH3 is 1.